The molecule has 0 aliphatic rings. The van der Waals surface area contributed by atoms with Crippen molar-refractivity contribution in [3.8, 4) is 0 Å². The monoisotopic (exact) mass is 863 g/mol. The highest BCUT2D eigenvalue weighted by atomic mass is 16.6. The minimum Gasteiger partial charge on any atom is -0.477 e. The number of hydrogen-bond acceptors (Lipinski definition) is 6. The van der Waals surface area contributed by atoms with Crippen LogP contribution >= 0.6 is 0 Å². The maximum atomic E-state index is 12.8. The second kappa shape index (κ2) is 44.4. The van der Waals surface area contributed by atoms with Gasteiger partial charge in [0, 0.05) is 19.3 Å². The number of allylic oxidation sites excluding steroid dienone is 4. The predicted molar refractivity (Wildman–Crippen MR) is 257 cm³/mol. The van der Waals surface area contributed by atoms with E-state index in [-0.39, 0.29) is 36.2 Å². The predicted octanol–water partition coefficient (Wildman–Crippen LogP) is 14.8. The lowest BCUT2D eigenvalue weighted by Crippen LogP contribution is -2.50. The number of hydrogen-bond donors (Lipinski definition) is 1. The molecule has 0 amide bonds. The van der Waals surface area contributed by atoms with Gasteiger partial charge in [0.1, 0.15) is 6.61 Å². The van der Waals surface area contributed by atoms with Gasteiger partial charge in [-0.25, -0.2) is 4.79 Å². The number of unbranched alkanes of at least 4 members (excludes halogenated alkanes) is 29. The van der Waals surface area contributed by atoms with Gasteiger partial charge in [-0.3, -0.25) is 9.59 Å². The fourth-order valence-corrected chi connectivity index (χ4v) is 7.83. The first-order chi connectivity index (χ1) is 29.6. The molecule has 0 fully saturated rings. The van der Waals surface area contributed by atoms with Crippen molar-refractivity contribution in [1.82, 2.24) is 0 Å². The molecule has 0 rings (SSSR count). The first kappa shape index (κ1) is 58.8. The van der Waals surface area contributed by atoms with E-state index in [1.54, 1.807) is 0 Å². The van der Waals surface area contributed by atoms with Crippen LogP contribution in [0.5, 0.6) is 0 Å². The van der Waals surface area contributed by atoms with E-state index in [1.165, 1.54) is 161 Å². The minimum absolute atomic E-state index is 0.0504. The molecule has 0 saturated heterocycles. The van der Waals surface area contributed by atoms with Crippen molar-refractivity contribution < 1.29 is 38.2 Å². The number of nitrogens with zero attached hydrogens (tertiary/aromatic N) is 1. The lowest BCUT2D eigenvalue weighted by molar-refractivity contribution is -0.887. The summed E-state index contributed by atoms with van der Waals surface area (Å²) in [4.78, 5) is 37.1. The molecule has 358 valence electrons. The average Bonchev–Trinajstić information content (AvgIpc) is 3.22. The van der Waals surface area contributed by atoms with Crippen LogP contribution in [0.2, 0.25) is 0 Å². The van der Waals surface area contributed by atoms with Gasteiger partial charge < -0.3 is 23.8 Å². The van der Waals surface area contributed by atoms with Gasteiger partial charge in [0.15, 0.2) is 12.1 Å². The summed E-state index contributed by atoms with van der Waals surface area (Å²) in [6, 6.07) is -0.613. The van der Waals surface area contributed by atoms with E-state index in [0.29, 0.717) is 19.3 Å². The van der Waals surface area contributed by atoms with Crippen LogP contribution in [-0.4, -0.2) is 80.6 Å². The molecule has 0 aromatic heterocycles. The largest absolute Gasteiger partial charge is 0.477 e. The molecule has 0 heterocycles. The van der Waals surface area contributed by atoms with Crippen LogP contribution in [-0.2, 0) is 28.6 Å². The number of likely N-dealkylation sites (N-methyl/N-ethyl adjacent to an activating group) is 1. The standard InChI is InChI=1S/C53H99NO7/c1-6-8-10-12-14-16-18-20-22-24-25-26-28-30-32-34-36-38-40-42-44-52(56)61-49(47-59-46-45-50(53(57)58)54(3,4)5)48-60-51(55)43-41-39-37-35-33-31-29-27-23-21-19-17-15-13-11-9-7-2/h15,17,21,23,49-50H,6-14,16,18-20,22,24-48H2,1-5H3/p+1/b17-15+,23-21+. The Kier molecular flexibility index (Phi) is 42.8. The van der Waals surface area contributed by atoms with Gasteiger partial charge in [-0.15, -0.1) is 0 Å². The van der Waals surface area contributed by atoms with Crippen LogP contribution in [0.1, 0.15) is 245 Å². The van der Waals surface area contributed by atoms with Crippen molar-refractivity contribution in [2.75, 3.05) is 41.0 Å². The number of carbonyl (C=O) groups excluding carboxylic acids is 2. The van der Waals surface area contributed by atoms with E-state index in [1.807, 2.05) is 21.1 Å². The third kappa shape index (κ3) is 42.9. The van der Waals surface area contributed by atoms with Gasteiger partial charge in [0.2, 0.25) is 0 Å². The van der Waals surface area contributed by atoms with Gasteiger partial charge in [0.05, 0.1) is 34.4 Å². The smallest absolute Gasteiger partial charge is 0.362 e. The molecule has 0 aromatic rings. The van der Waals surface area contributed by atoms with Gasteiger partial charge in [-0.1, -0.05) is 205 Å². The highest BCUT2D eigenvalue weighted by Gasteiger charge is 2.31. The second-order valence-corrected chi connectivity index (χ2v) is 18.8. The third-order valence-corrected chi connectivity index (χ3v) is 11.9. The fraction of sp³-hybridized carbons (Fsp3) is 0.868. The Hall–Kier alpha value is -2.19. The molecule has 8 nitrogen and oxygen atoms in total. The normalized spacial score (nSPS) is 13.0. The number of carboxylic acid groups (broad SMARTS) is 1. The topological polar surface area (TPSA) is 99.1 Å². The summed E-state index contributed by atoms with van der Waals surface area (Å²) in [6.07, 6.45) is 50.8. The first-order valence-corrected chi connectivity index (χ1v) is 25.9. The quantitative estimate of drug-likeness (QED) is 0.0281. The molecule has 0 bridgehead atoms. The molecule has 0 saturated carbocycles. The van der Waals surface area contributed by atoms with Crippen LogP contribution in [0, 0.1) is 0 Å². The van der Waals surface area contributed by atoms with Crippen LogP contribution in [0.4, 0.5) is 0 Å². The summed E-state index contributed by atoms with van der Waals surface area (Å²) in [5, 5.41) is 9.65. The van der Waals surface area contributed by atoms with Crippen LogP contribution < -0.4 is 0 Å². The number of rotatable bonds is 47. The fourth-order valence-electron chi connectivity index (χ4n) is 7.83. The molecule has 0 aliphatic carbocycles. The molecule has 0 radical (unpaired) electrons. The minimum atomic E-state index is -0.873. The highest BCUT2D eigenvalue weighted by molar-refractivity contribution is 5.72. The molecule has 0 aliphatic heterocycles. The number of aliphatic carboxylic acids is 1. The molecule has 2 atom stereocenters. The Labute approximate surface area is 377 Å². The van der Waals surface area contributed by atoms with Crippen LogP contribution in [0.15, 0.2) is 24.3 Å². The molecule has 0 aromatic carbocycles. The zero-order valence-corrected chi connectivity index (χ0v) is 40.9. The number of carboxylic acids is 1. The van der Waals surface area contributed by atoms with Gasteiger partial charge >= 0.3 is 17.9 Å². The maximum absolute atomic E-state index is 12.8. The van der Waals surface area contributed by atoms with E-state index in [2.05, 4.69) is 38.2 Å². The maximum Gasteiger partial charge on any atom is 0.362 e. The zero-order valence-electron chi connectivity index (χ0n) is 40.9. The highest BCUT2D eigenvalue weighted by Crippen LogP contribution is 2.16. The summed E-state index contributed by atoms with van der Waals surface area (Å²) >= 11 is 0. The Morgan fingerprint density at radius 2 is 0.869 bits per heavy atom. The summed E-state index contributed by atoms with van der Waals surface area (Å²) in [5.41, 5.74) is 0. The second-order valence-electron chi connectivity index (χ2n) is 18.8. The zero-order chi connectivity index (χ0) is 44.9. The molecular formula is C53H100NO7+. The molecule has 61 heavy (non-hydrogen) atoms. The van der Waals surface area contributed by atoms with Gasteiger partial charge in [-0.2, -0.15) is 0 Å². The van der Waals surface area contributed by atoms with Crippen molar-refractivity contribution in [2.45, 2.75) is 257 Å². The Morgan fingerprint density at radius 3 is 1.30 bits per heavy atom. The lowest BCUT2D eigenvalue weighted by atomic mass is 10.0. The van der Waals surface area contributed by atoms with Gasteiger partial charge in [-0.05, 0) is 44.9 Å². The summed E-state index contributed by atoms with van der Waals surface area (Å²) in [5.74, 6) is -1.46. The number of esters is 2. The summed E-state index contributed by atoms with van der Waals surface area (Å²) < 4.78 is 17.4. The van der Waals surface area contributed by atoms with Crippen molar-refractivity contribution in [2.24, 2.45) is 0 Å². The Morgan fingerprint density at radius 1 is 0.492 bits per heavy atom. The lowest BCUT2D eigenvalue weighted by Gasteiger charge is -2.31. The Balaban J connectivity index is 4.22. The molecule has 8 heteroatoms. The molecule has 2 unspecified atom stereocenters. The van der Waals surface area contributed by atoms with E-state index < -0.39 is 18.1 Å². The summed E-state index contributed by atoms with van der Waals surface area (Å²) in [7, 11) is 5.54. The van der Waals surface area contributed by atoms with Crippen molar-refractivity contribution in [3.05, 3.63) is 24.3 Å². The number of carbonyl (C=O) groups is 3. The average molecular weight is 863 g/mol. The molecule has 0 spiro atoms. The van der Waals surface area contributed by atoms with E-state index in [0.717, 1.165) is 51.4 Å². The molecular weight excluding hydrogens is 763 g/mol. The van der Waals surface area contributed by atoms with Crippen molar-refractivity contribution in [3.63, 3.8) is 0 Å². The Bertz CT molecular complexity index is 1050. The summed E-state index contributed by atoms with van der Waals surface area (Å²) in [6.45, 7) is 4.75. The first-order valence-electron chi connectivity index (χ1n) is 25.9. The molecule has 1 N–H and O–H groups in total. The van der Waals surface area contributed by atoms with E-state index in [4.69, 9.17) is 14.2 Å². The third-order valence-electron chi connectivity index (χ3n) is 11.9. The SMILES string of the molecule is CCCCC/C=C/C/C=C/CCCCCCCCCC(=O)OCC(COCCC(C(=O)O)[N+](C)(C)C)OC(=O)CCCCCCCCCCCCCCCCCCCCCC. The number of quaternary nitrogens is 1. The number of ether oxygens (including phenoxy) is 3. The van der Waals surface area contributed by atoms with Crippen LogP contribution in [0.3, 0.4) is 0 Å². The van der Waals surface area contributed by atoms with Crippen molar-refractivity contribution >= 4 is 17.9 Å². The van der Waals surface area contributed by atoms with E-state index in [9.17, 15) is 19.5 Å². The van der Waals surface area contributed by atoms with Crippen LogP contribution in [0.25, 0.3) is 0 Å². The van der Waals surface area contributed by atoms with E-state index >= 15 is 0 Å². The van der Waals surface area contributed by atoms with Crippen molar-refractivity contribution in [1.29, 1.82) is 0 Å². The van der Waals surface area contributed by atoms with Gasteiger partial charge in [0.25, 0.3) is 0 Å².